The Morgan fingerprint density at radius 1 is 1.40 bits per heavy atom. The number of hydrogen-bond donors (Lipinski definition) is 1. The molecule has 0 fully saturated rings. The predicted molar refractivity (Wildman–Crippen MR) is 72.0 cm³/mol. The highest BCUT2D eigenvalue weighted by Gasteiger charge is 2.19. The Kier molecular flexibility index (Phi) is 3.55. The number of aromatic amines is 1. The highest BCUT2D eigenvalue weighted by atomic mass is 32.2. The molecule has 0 radical (unpaired) electrons. The van der Waals surface area contributed by atoms with E-state index < -0.39 is 0 Å². The van der Waals surface area contributed by atoms with E-state index in [0.717, 1.165) is 23.6 Å². The summed E-state index contributed by atoms with van der Waals surface area (Å²) in [5.74, 6) is 2.02. The van der Waals surface area contributed by atoms with Crippen molar-refractivity contribution in [3.8, 4) is 11.5 Å². The van der Waals surface area contributed by atoms with Crippen molar-refractivity contribution < 1.29 is 8.83 Å². The molecule has 0 saturated carbocycles. The Morgan fingerprint density at radius 2 is 2.30 bits per heavy atom. The number of nitrogens with zero attached hydrogens (tertiary/aromatic N) is 4. The predicted octanol–water partition coefficient (Wildman–Crippen LogP) is 3.00. The van der Waals surface area contributed by atoms with Gasteiger partial charge in [0, 0.05) is 0 Å². The van der Waals surface area contributed by atoms with E-state index >= 15 is 0 Å². The fourth-order valence-electron chi connectivity index (χ4n) is 1.80. The highest BCUT2D eigenvalue weighted by molar-refractivity contribution is 7.99. The van der Waals surface area contributed by atoms with Crippen LogP contribution >= 0.6 is 11.8 Å². The first-order valence-electron chi connectivity index (χ1n) is 6.17. The SMILES string of the molecule is CCC(Sc1nnc(-c2ccoc2C)o1)c1ncn[nH]1. The van der Waals surface area contributed by atoms with Gasteiger partial charge < -0.3 is 8.83 Å². The third kappa shape index (κ3) is 2.46. The molecule has 8 heteroatoms. The summed E-state index contributed by atoms with van der Waals surface area (Å²) >= 11 is 1.47. The minimum atomic E-state index is 0.108. The zero-order valence-corrected chi connectivity index (χ0v) is 11.8. The lowest BCUT2D eigenvalue weighted by Crippen LogP contribution is -1.95. The molecule has 0 amide bonds. The molecule has 1 N–H and O–H groups in total. The Balaban J connectivity index is 1.79. The second-order valence-electron chi connectivity index (χ2n) is 4.15. The van der Waals surface area contributed by atoms with E-state index in [1.54, 1.807) is 6.26 Å². The van der Waals surface area contributed by atoms with Crippen LogP contribution in [0.1, 0.15) is 30.2 Å². The molecule has 3 heterocycles. The Labute approximate surface area is 119 Å². The van der Waals surface area contributed by atoms with E-state index in [0.29, 0.717) is 11.1 Å². The van der Waals surface area contributed by atoms with Gasteiger partial charge in [-0.05, 0) is 19.4 Å². The van der Waals surface area contributed by atoms with Crippen LogP contribution in [0.5, 0.6) is 0 Å². The van der Waals surface area contributed by atoms with E-state index in [9.17, 15) is 0 Å². The molecule has 0 aliphatic heterocycles. The molecule has 0 aromatic carbocycles. The zero-order chi connectivity index (χ0) is 13.9. The van der Waals surface area contributed by atoms with Gasteiger partial charge in [-0.1, -0.05) is 18.7 Å². The summed E-state index contributed by atoms with van der Waals surface area (Å²) < 4.78 is 10.9. The molecular formula is C12H13N5O2S. The quantitative estimate of drug-likeness (QED) is 0.722. The van der Waals surface area contributed by atoms with Gasteiger partial charge in [-0.3, -0.25) is 5.10 Å². The number of furan rings is 1. The summed E-state index contributed by atoms with van der Waals surface area (Å²) in [6, 6.07) is 1.81. The largest absolute Gasteiger partial charge is 0.469 e. The van der Waals surface area contributed by atoms with E-state index in [2.05, 4.69) is 32.3 Å². The molecule has 104 valence electrons. The van der Waals surface area contributed by atoms with Crippen LogP contribution in [0.2, 0.25) is 0 Å². The van der Waals surface area contributed by atoms with Crippen molar-refractivity contribution in [1.29, 1.82) is 0 Å². The number of hydrogen-bond acceptors (Lipinski definition) is 7. The average Bonchev–Trinajstić information content (AvgIpc) is 3.16. The molecule has 1 atom stereocenters. The van der Waals surface area contributed by atoms with Crippen LogP contribution in [0.15, 0.2) is 32.7 Å². The first kappa shape index (κ1) is 12.9. The topological polar surface area (TPSA) is 93.6 Å². The van der Waals surface area contributed by atoms with Gasteiger partial charge in [0.15, 0.2) is 0 Å². The van der Waals surface area contributed by atoms with E-state index in [4.69, 9.17) is 8.83 Å². The summed E-state index contributed by atoms with van der Waals surface area (Å²) in [5.41, 5.74) is 0.817. The van der Waals surface area contributed by atoms with Gasteiger partial charge in [-0.25, -0.2) is 4.98 Å². The summed E-state index contributed by atoms with van der Waals surface area (Å²) in [6.07, 6.45) is 3.97. The maximum absolute atomic E-state index is 5.66. The molecule has 3 aromatic rings. The molecule has 0 aliphatic rings. The number of thioether (sulfide) groups is 1. The zero-order valence-electron chi connectivity index (χ0n) is 11.0. The molecule has 3 aromatic heterocycles. The second kappa shape index (κ2) is 5.49. The summed E-state index contributed by atoms with van der Waals surface area (Å²) in [6.45, 7) is 3.92. The molecule has 3 rings (SSSR count). The molecular weight excluding hydrogens is 278 g/mol. The number of H-pyrrole nitrogens is 1. The molecule has 0 aliphatic carbocycles. The van der Waals surface area contributed by atoms with Crippen molar-refractivity contribution in [2.75, 3.05) is 0 Å². The molecule has 0 bridgehead atoms. The van der Waals surface area contributed by atoms with Crippen molar-refractivity contribution in [3.05, 3.63) is 30.2 Å². The molecule has 7 nitrogen and oxygen atoms in total. The fraction of sp³-hybridized carbons (Fsp3) is 0.333. The van der Waals surface area contributed by atoms with Gasteiger partial charge in [-0.2, -0.15) is 5.10 Å². The second-order valence-corrected chi connectivity index (χ2v) is 5.30. The van der Waals surface area contributed by atoms with Crippen molar-refractivity contribution in [3.63, 3.8) is 0 Å². The molecule has 20 heavy (non-hydrogen) atoms. The Morgan fingerprint density at radius 3 is 2.95 bits per heavy atom. The van der Waals surface area contributed by atoms with Crippen LogP contribution in [-0.4, -0.2) is 25.4 Å². The number of rotatable bonds is 5. The first-order chi connectivity index (χ1) is 9.78. The number of aryl methyl sites for hydroxylation is 1. The normalized spacial score (nSPS) is 12.7. The lowest BCUT2D eigenvalue weighted by molar-refractivity contribution is 0.462. The number of aromatic nitrogens is 5. The molecule has 1 unspecified atom stereocenters. The Hall–Kier alpha value is -2.09. The van der Waals surface area contributed by atoms with Crippen molar-refractivity contribution in [2.45, 2.75) is 30.7 Å². The van der Waals surface area contributed by atoms with Crippen LogP contribution in [0.3, 0.4) is 0 Å². The highest BCUT2D eigenvalue weighted by Crippen LogP contribution is 2.36. The standard InChI is InChI=1S/C12H13N5O2S/c1-3-9(10-13-6-14-15-10)20-12-17-16-11(19-12)8-4-5-18-7(8)2/h4-6,9H,3H2,1-2H3,(H,13,14,15). The van der Waals surface area contributed by atoms with E-state index in [1.807, 2.05) is 13.0 Å². The monoisotopic (exact) mass is 291 g/mol. The molecule has 0 saturated heterocycles. The summed E-state index contributed by atoms with van der Waals surface area (Å²) in [7, 11) is 0. The van der Waals surface area contributed by atoms with Gasteiger partial charge in [-0.15, -0.1) is 10.2 Å². The van der Waals surface area contributed by atoms with Gasteiger partial charge >= 0.3 is 0 Å². The summed E-state index contributed by atoms with van der Waals surface area (Å²) in [4.78, 5) is 4.16. The van der Waals surface area contributed by atoms with Crippen LogP contribution < -0.4 is 0 Å². The van der Waals surface area contributed by atoms with Gasteiger partial charge in [0.2, 0.25) is 0 Å². The van der Waals surface area contributed by atoms with Gasteiger partial charge in [0.25, 0.3) is 11.1 Å². The van der Waals surface area contributed by atoms with Gasteiger partial charge in [0.1, 0.15) is 17.9 Å². The summed E-state index contributed by atoms with van der Waals surface area (Å²) in [5, 5.41) is 15.4. The third-order valence-electron chi connectivity index (χ3n) is 2.85. The van der Waals surface area contributed by atoms with Gasteiger partial charge in [0.05, 0.1) is 17.1 Å². The average molecular weight is 291 g/mol. The van der Waals surface area contributed by atoms with Crippen LogP contribution in [0.25, 0.3) is 11.5 Å². The van der Waals surface area contributed by atoms with Crippen molar-refractivity contribution >= 4 is 11.8 Å². The fourth-order valence-corrected chi connectivity index (χ4v) is 2.65. The van der Waals surface area contributed by atoms with E-state index in [1.165, 1.54) is 18.1 Å². The Bertz CT molecular complexity index is 676. The minimum absolute atomic E-state index is 0.108. The van der Waals surface area contributed by atoms with Crippen LogP contribution in [0.4, 0.5) is 0 Å². The third-order valence-corrected chi connectivity index (χ3v) is 4.06. The molecule has 0 spiro atoms. The minimum Gasteiger partial charge on any atom is -0.469 e. The maximum atomic E-state index is 5.66. The van der Waals surface area contributed by atoms with Crippen molar-refractivity contribution in [2.24, 2.45) is 0 Å². The smallest absolute Gasteiger partial charge is 0.277 e. The van der Waals surface area contributed by atoms with Crippen LogP contribution in [0, 0.1) is 6.92 Å². The van der Waals surface area contributed by atoms with Crippen LogP contribution in [-0.2, 0) is 0 Å². The van der Waals surface area contributed by atoms with Crippen molar-refractivity contribution in [1.82, 2.24) is 25.4 Å². The van der Waals surface area contributed by atoms with E-state index in [-0.39, 0.29) is 5.25 Å². The first-order valence-corrected chi connectivity index (χ1v) is 7.05. The lowest BCUT2D eigenvalue weighted by atomic mass is 10.3. The number of nitrogens with one attached hydrogen (secondary N) is 1. The lowest BCUT2D eigenvalue weighted by Gasteiger charge is -2.07. The maximum Gasteiger partial charge on any atom is 0.277 e.